The molecule has 0 fully saturated rings. The molecule has 0 spiro atoms. The van der Waals surface area contributed by atoms with E-state index in [1.54, 1.807) is 35.3 Å². The number of amides is 1. The van der Waals surface area contributed by atoms with Crippen molar-refractivity contribution in [3.8, 4) is 5.82 Å². The van der Waals surface area contributed by atoms with Gasteiger partial charge in [0, 0.05) is 25.1 Å². The highest BCUT2D eigenvalue weighted by atomic mass is 16.2. The van der Waals surface area contributed by atoms with Crippen LogP contribution in [0.2, 0.25) is 0 Å². The molecule has 0 unspecified atom stereocenters. The molecule has 10 heteroatoms. The number of aromatic nitrogens is 6. The highest BCUT2D eigenvalue weighted by Crippen LogP contribution is 2.13. The van der Waals surface area contributed by atoms with Crippen LogP contribution in [-0.2, 0) is 6.54 Å². The van der Waals surface area contributed by atoms with Crippen LogP contribution in [-0.4, -0.2) is 35.2 Å². The van der Waals surface area contributed by atoms with E-state index in [0.717, 1.165) is 0 Å². The molecule has 0 bridgehead atoms. The van der Waals surface area contributed by atoms with Crippen molar-refractivity contribution in [3.63, 3.8) is 0 Å². The van der Waals surface area contributed by atoms with Crippen LogP contribution >= 0.6 is 0 Å². The van der Waals surface area contributed by atoms with E-state index in [9.17, 15) is 14.4 Å². The fourth-order valence-corrected chi connectivity index (χ4v) is 2.93. The number of pyridine rings is 2. The van der Waals surface area contributed by atoms with Gasteiger partial charge in [-0.3, -0.25) is 19.1 Å². The van der Waals surface area contributed by atoms with Crippen LogP contribution in [0.1, 0.15) is 23.7 Å². The zero-order valence-electron chi connectivity index (χ0n) is 15.5. The first-order valence-electron chi connectivity index (χ1n) is 8.97. The van der Waals surface area contributed by atoms with E-state index < -0.39 is 17.2 Å². The van der Waals surface area contributed by atoms with Gasteiger partial charge in [-0.2, -0.15) is 5.10 Å². The van der Waals surface area contributed by atoms with Crippen molar-refractivity contribution in [1.29, 1.82) is 0 Å². The van der Waals surface area contributed by atoms with Crippen LogP contribution in [0.15, 0.2) is 58.6 Å². The predicted molar refractivity (Wildman–Crippen MR) is 106 cm³/mol. The topological polar surface area (TPSA) is 128 Å². The standard InChI is InChI=1S/C19H17N7O3/c1-2-7-25-16-14(18(28)24-19(25)29)9-12(10-21-16)17(27)23-13-4-5-15(20-11-13)26-8-3-6-22-26/h3-6,8-11H,2,7H2,1H3,(H,23,27)(H,24,28,29). The highest BCUT2D eigenvalue weighted by Gasteiger charge is 2.13. The van der Waals surface area contributed by atoms with Gasteiger partial charge < -0.3 is 5.32 Å². The average molecular weight is 391 g/mol. The Morgan fingerprint density at radius 3 is 2.76 bits per heavy atom. The molecule has 2 N–H and O–H groups in total. The van der Waals surface area contributed by atoms with Crippen molar-refractivity contribution >= 4 is 22.6 Å². The molecule has 4 rings (SSSR count). The number of hydrogen-bond acceptors (Lipinski definition) is 6. The normalized spacial score (nSPS) is 10.9. The quantitative estimate of drug-likeness (QED) is 0.528. The molecule has 0 saturated carbocycles. The number of aryl methyl sites for hydroxylation is 1. The molecule has 1 amide bonds. The maximum absolute atomic E-state index is 12.6. The number of aromatic amines is 1. The first-order chi connectivity index (χ1) is 14.1. The minimum absolute atomic E-state index is 0.179. The average Bonchev–Trinajstić information content (AvgIpc) is 3.26. The largest absolute Gasteiger partial charge is 0.329 e. The molecule has 29 heavy (non-hydrogen) atoms. The molecule has 4 heterocycles. The van der Waals surface area contributed by atoms with E-state index in [2.05, 4.69) is 25.4 Å². The Balaban J connectivity index is 1.62. The van der Waals surface area contributed by atoms with Gasteiger partial charge in [-0.1, -0.05) is 6.92 Å². The number of carbonyl (C=O) groups is 1. The van der Waals surface area contributed by atoms with Crippen molar-refractivity contribution in [2.75, 3.05) is 5.32 Å². The maximum atomic E-state index is 12.6. The van der Waals surface area contributed by atoms with Crippen molar-refractivity contribution in [1.82, 2.24) is 29.3 Å². The van der Waals surface area contributed by atoms with Crippen LogP contribution in [0.25, 0.3) is 16.9 Å². The van der Waals surface area contributed by atoms with Crippen molar-refractivity contribution in [3.05, 3.63) is 75.5 Å². The fraction of sp³-hybridized carbons (Fsp3) is 0.158. The van der Waals surface area contributed by atoms with Gasteiger partial charge in [0.25, 0.3) is 11.5 Å². The second kappa shape index (κ2) is 7.50. The zero-order chi connectivity index (χ0) is 20.4. The maximum Gasteiger partial charge on any atom is 0.329 e. The molecule has 0 aromatic carbocycles. The predicted octanol–water partition coefficient (Wildman–Crippen LogP) is 1.33. The van der Waals surface area contributed by atoms with Gasteiger partial charge in [-0.15, -0.1) is 0 Å². The summed E-state index contributed by atoms with van der Waals surface area (Å²) in [6, 6.07) is 6.62. The Bertz CT molecular complexity index is 1290. The minimum atomic E-state index is -0.579. The summed E-state index contributed by atoms with van der Waals surface area (Å²) in [6.45, 7) is 2.33. The van der Waals surface area contributed by atoms with E-state index >= 15 is 0 Å². The highest BCUT2D eigenvalue weighted by molar-refractivity contribution is 6.05. The summed E-state index contributed by atoms with van der Waals surface area (Å²) < 4.78 is 2.98. The number of anilines is 1. The molecule has 0 aliphatic rings. The third-order valence-corrected chi connectivity index (χ3v) is 4.29. The Hall–Kier alpha value is -4.08. The third-order valence-electron chi connectivity index (χ3n) is 4.29. The summed E-state index contributed by atoms with van der Waals surface area (Å²) in [5, 5.41) is 6.98. The summed E-state index contributed by atoms with van der Waals surface area (Å²) in [6.07, 6.45) is 6.96. The number of nitrogens with one attached hydrogen (secondary N) is 2. The number of hydrogen-bond donors (Lipinski definition) is 2. The van der Waals surface area contributed by atoms with Crippen LogP contribution in [0, 0.1) is 0 Å². The Kier molecular flexibility index (Phi) is 4.73. The van der Waals surface area contributed by atoms with Gasteiger partial charge in [0.1, 0.15) is 5.65 Å². The molecule has 4 aromatic heterocycles. The summed E-state index contributed by atoms with van der Waals surface area (Å²) in [4.78, 5) is 47.5. The van der Waals surface area contributed by atoms with Crippen molar-refractivity contribution in [2.24, 2.45) is 0 Å². The van der Waals surface area contributed by atoms with Crippen LogP contribution in [0.4, 0.5) is 5.69 Å². The molecule has 0 saturated heterocycles. The molecular weight excluding hydrogens is 374 g/mol. The monoisotopic (exact) mass is 391 g/mol. The smallest absolute Gasteiger partial charge is 0.321 e. The lowest BCUT2D eigenvalue weighted by Crippen LogP contribution is -2.31. The fourth-order valence-electron chi connectivity index (χ4n) is 2.93. The third kappa shape index (κ3) is 3.55. The summed E-state index contributed by atoms with van der Waals surface area (Å²) in [5.41, 5.74) is -0.166. The van der Waals surface area contributed by atoms with Gasteiger partial charge in [-0.05, 0) is 30.7 Å². The van der Waals surface area contributed by atoms with Gasteiger partial charge in [0.2, 0.25) is 0 Å². The van der Waals surface area contributed by atoms with Crippen LogP contribution < -0.4 is 16.6 Å². The van der Waals surface area contributed by atoms with E-state index in [1.807, 2.05) is 6.92 Å². The van der Waals surface area contributed by atoms with Crippen molar-refractivity contribution < 1.29 is 4.79 Å². The number of rotatable bonds is 5. The second-order valence-electron chi connectivity index (χ2n) is 6.32. The molecule has 0 radical (unpaired) electrons. The molecular formula is C19H17N7O3. The molecule has 4 aromatic rings. The summed E-state index contributed by atoms with van der Waals surface area (Å²) >= 11 is 0. The van der Waals surface area contributed by atoms with Gasteiger partial charge >= 0.3 is 5.69 Å². The lowest BCUT2D eigenvalue weighted by Gasteiger charge is -2.09. The molecule has 0 aliphatic carbocycles. The Labute approximate surface area is 163 Å². The minimum Gasteiger partial charge on any atom is -0.321 e. The Morgan fingerprint density at radius 2 is 2.07 bits per heavy atom. The van der Waals surface area contributed by atoms with Gasteiger partial charge in [-0.25, -0.2) is 19.4 Å². The number of H-pyrrole nitrogens is 1. The lowest BCUT2D eigenvalue weighted by atomic mass is 10.2. The molecule has 0 atom stereocenters. The van der Waals surface area contributed by atoms with E-state index in [-0.39, 0.29) is 16.6 Å². The van der Waals surface area contributed by atoms with Crippen molar-refractivity contribution in [2.45, 2.75) is 19.9 Å². The molecule has 146 valence electrons. The first kappa shape index (κ1) is 18.3. The zero-order valence-corrected chi connectivity index (χ0v) is 15.5. The van der Waals surface area contributed by atoms with Gasteiger partial charge in [0.05, 0.1) is 22.8 Å². The summed E-state index contributed by atoms with van der Waals surface area (Å²) in [7, 11) is 0. The first-order valence-corrected chi connectivity index (χ1v) is 8.97. The number of nitrogens with zero attached hydrogens (tertiary/aromatic N) is 5. The molecule has 10 nitrogen and oxygen atoms in total. The van der Waals surface area contributed by atoms with E-state index in [0.29, 0.717) is 24.5 Å². The SMILES string of the molecule is CCCn1c(=O)[nH]c(=O)c2cc(C(=O)Nc3ccc(-n4cccn4)nc3)cnc21. The Morgan fingerprint density at radius 1 is 1.21 bits per heavy atom. The summed E-state index contributed by atoms with van der Waals surface area (Å²) in [5.74, 6) is 0.168. The second-order valence-corrected chi connectivity index (χ2v) is 6.32. The van der Waals surface area contributed by atoms with Crippen LogP contribution in [0.3, 0.4) is 0 Å². The molecule has 0 aliphatic heterocycles. The number of fused-ring (bicyclic) bond motifs is 1. The lowest BCUT2D eigenvalue weighted by molar-refractivity contribution is 0.102. The number of carbonyl (C=O) groups excluding carboxylic acids is 1. The van der Waals surface area contributed by atoms with Gasteiger partial charge in [0.15, 0.2) is 5.82 Å². The van der Waals surface area contributed by atoms with E-state index in [1.165, 1.54) is 23.0 Å². The van der Waals surface area contributed by atoms with E-state index in [4.69, 9.17) is 0 Å². The van der Waals surface area contributed by atoms with Crippen LogP contribution in [0.5, 0.6) is 0 Å².